The van der Waals surface area contributed by atoms with Gasteiger partial charge in [0, 0.05) is 35.8 Å². The Morgan fingerprint density at radius 3 is 3.00 bits per heavy atom. The molecule has 0 aliphatic carbocycles. The van der Waals surface area contributed by atoms with Gasteiger partial charge in [0.25, 0.3) is 0 Å². The largest absolute Gasteiger partial charge is 0.489 e. The number of halogens is 2. The fraction of sp³-hybridized carbons (Fsp3) is 0.333. The van der Waals surface area contributed by atoms with Gasteiger partial charge >= 0.3 is 0 Å². The Morgan fingerprint density at radius 1 is 1.44 bits per heavy atom. The fourth-order valence-electron chi connectivity index (χ4n) is 2.74. The third-order valence-corrected chi connectivity index (χ3v) is 4.17. The van der Waals surface area contributed by atoms with Crippen LogP contribution in [-0.2, 0) is 17.8 Å². The molecule has 2 heterocycles. The predicted molar refractivity (Wildman–Crippen MR) is 94.6 cm³/mol. The van der Waals surface area contributed by atoms with Crippen LogP contribution >= 0.6 is 11.6 Å². The predicted octanol–water partition coefficient (Wildman–Crippen LogP) is 4.15. The summed E-state index contributed by atoms with van der Waals surface area (Å²) in [5.74, 6) is -0.0325. The van der Waals surface area contributed by atoms with E-state index in [9.17, 15) is 9.18 Å². The maximum atomic E-state index is 14.2. The van der Waals surface area contributed by atoms with Crippen molar-refractivity contribution in [3.63, 3.8) is 0 Å². The first kappa shape index (κ1) is 17.5. The summed E-state index contributed by atoms with van der Waals surface area (Å²) in [6, 6.07) is 3.14. The standard InChI is InChI=1S/C18H19ClFN3O2/c1-12(24)3-2-4-13-9-21-17-8-16(20)18(7-15(13)17)25-6-5-23-11-14(19)10-22-23/h7-11,21H,2-6H2,1H3. The van der Waals surface area contributed by atoms with Crippen molar-refractivity contribution < 1.29 is 13.9 Å². The molecule has 3 aromatic rings. The number of aromatic nitrogens is 3. The summed E-state index contributed by atoms with van der Waals surface area (Å²) in [5, 5.41) is 5.52. The quantitative estimate of drug-likeness (QED) is 0.654. The molecule has 0 spiro atoms. The molecule has 0 saturated heterocycles. The number of carbonyl (C=O) groups excluding carboxylic acids is 1. The molecule has 0 radical (unpaired) electrons. The minimum absolute atomic E-state index is 0.175. The number of hydrogen-bond donors (Lipinski definition) is 1. The molecule has 0 bridgehead atoms. The van der Waals surface area contributed by atoms with Crippen molar-refractivity contribution in [3.05, 3.63) is 47.1 Å². The van der Waals surface area contributed by atoms with E-state index in [-0.39, 0.29) is 18.1 Å². The summed E-state index contributed by atoms with van der Waals surface area (Å²) in [4.78, 5) is 14.1. The second-order valence-corrected chi connectivity index (χ2v) is 6.40. The number of hydrogen-bond acceptors (Lipinski definition) is 3. The number of benzene rings is 1. The molecular weight excluding hydrogens is 345 g/mol. The highest BCUT2D eigenvalue weighted by atomic mass is 35.5. The lowest BCUT2D eigenvalue weighted by Crippen LogP contribution is -2.09. The van der Waals surface area contributed by atoms with Crippen LogP contribution in [0.1, 0.15) is 25.3 Å². The van der Waals surface area contributed by atoms with Crippen LogP contribution in [0.15, 0.2) is 30.7 Å². The Kier molecular flexibility index (Phi) is 5.38. The van der Waals surface area contributed by atoms with Crippen LogP contribution < -0.4 is 4.74 Å². The van der Waals surface area contributed by atoms with Crippen LogP contribution in [0, 0.1) is 5.82 Å². The summed E-state index contributed by atoms with van der Waals surface area (Å²) in [6.07, 6.45) is 7.17. The molecule has 2 aromatic heterocycles. The Hall–Kier alpha value is -2.34. The third-order valence-electron chi connectivity index (χ3n) is 3.97. The molecule has 132 valence electrons. The lowest BCUT2D eigenvalue weighted by Gasteiger charge is -2.08. The van der Waals surface area contributed by atoms with Crippen LogP contribution in [0.3, 0.4) is 0 Å². The van der Waals surface area contributed by atoms with Crippen molar-refractivity contribution in [2.24, 2.45) is 0 Å². The monoisotopic (exact) mass is 363 g/mol. The van der Waals surface area contributed by atoms with Gasteiger partial charge < -0.3 is 14.5 Å². The zero-order chi connectivity index (χ0) is 17.8. The lowest BCUT2D eigenvalue weighted by atomic mass is 10.1. The Morgan fingerprint density at radius 2 is 2.28 bits per heavy atom. The minimum Gasteiger partial charge on any atom is -0.489 e. The van der Waals surface area contributed by atoms with E-state index < -0.39 is 5.82 Å². The van der Waals surface area contributed by atoms with Gasteiger partial charge in [-0.2, -0.15) is 5.10 Å². The van der Waals surface area contributed by atoms with E-state index in [2.05, 4.69) is 10.1 Å². The highest BCUT2D eigenvalue weighted by Crippen LogP contribution is 2.28. The van der Waals surface area contributed by atoms with Gasteiger partial charge in [-0.3, -0.25) is 4.68 Å². The maximum absolute atomic E-state index is 14.2. The minimum atomic E-state index is -0.414. The van der Waals surface area contributed by atoms with Gasteiger partial charge in [-0.15, -0.1) is 0 Å². The molecule has 7 heteroatoms. The number of nitrogens with one attached hydrogen (secondary N) is 1. The molecule has 1 aromatic carbocycles. The number of nitrogens with zero attached hydrogens (tertiary/aromatic N) is 2. The second kappa shape index (κ2) is 7.70. The van der Waals surface area contributed by atoms with E-state index in [1.807, 2.05) is 6.20 Å². The highest BCUT2D eigenvalue weighted by Gasteiger charge is 2.11. The van der Waals surface area contributed by atoms with E-state index in [1.165, 1.54) is 6.07 Å². The molecule has 3 rings (SSSR count). The highest BCUT2D eigenvalue weighted by molar-refractivity contribution is 6.30. The topological polar surface area (TPSA) is 59.9 Å². The summed E-state index contributed by atoms with van der Waals surface area (Å²) >= 11 is 5.80. The Labute approximate surface area is 149 Å². The normalized spacial score (nSPS) is 11.2. The average molecular weight is 364 g/mol. The summed E-state index contributed by atoms with van der Waals surface area (Å²) in [7, 11) is 0. The number of carbonyl (C=O) groups is 1. The first-order valence-electron chi connectivity index (χ1n) is 8.12. The molecule has 0 fully saturated rings. The van der Waals surface area contributed by atoms with Crippen molar-refractivity contribution in [1.29, 1.82) is 0 Å². The fourth-order valence-corrected chi connectivity index (χ4v) is 2.89. The van der Waals surface area contributed by atoms with Crippen molar-refractivity contribution in [3.8, 4) is 5.75 Å². The molecule has 0 atom stereocenters. The van der Waals surface area contributed by atoms with Crippen molar-refractivity contribution in [1.82, 2.24) is 14.8 Å². The molecule has 1 N–H and O–H groups in total. The van der Waals surface area contributed by atoms with Crippen molar-refractivity contribution in [2.45, 2.75) is 32.7 Å². The number of fused-ring (bicyclic) bond motifs is 1. The zero-order valence-electron chi connectivity index (χ0n) is 13.9. The summed E-state index contributed by atoms with van der Waals surface area (Å²) in [6.45, 7) is 2.34. The lowest BCUT2D eigenvalue weighted by molar-refractivity contribution is -0.117. The van der Waals surface area contributed by atoms with Crippen LogP contribution in [-0.4, -0.2) is 27.2 Å². The molecule has 0 aliphatic heterocycles. The third kappa shape index (κ3) is 4.39. The summed E-state index contributed by atoms with van der Waals surface area (Å²) in [5.41, 5.74) is 1.78. The van der Waals surface area contributed by atoms with Gasteiger partial charge in [0.1, 0.15) is 12.4 Å². The Bertz CT molecular complexity index is 888. The molecule has 0 saturated carbocycles. The molecule has 0 amide bonds. The van der Waals surface area contributed by atoms with Crippen LogP contribution in [0.5, 0.6) is 5.75 Å². The summed E-state index contributed by atoms with van der Waals surface area (Å²) < 4.78 is 21.4. The number of ketones is 1. The number of aryl methyl sites for hydroxylation is 1. The van der Waals surface area contributed by atoms with E-state index in [0.29, 0.717) is 18.0 Å². The van der Waals surface area contributed by atoms with Gasteiger partial charge in [0.15, 0.2) is 11.6 Å². The van der Waals surface area contributed by atoms with Crippen molar-refractivity contribution in [2.75, 3.05) is 6.61 Å². The SMILES string of the molecule is CC(=O)CCCc1c[nH]c2cc(F)c(OCCn3cc(Cl)cn3)cc12. The van der Waals surface area contributed by atoms with Crippen molar-refractivity contribution >= 4 is 28.3 Å². The molecule has 25 heavy (non-hydrogen) atoms. The maximum Gasteiger partial charge on any atom is 0.167 e. The Balaban J connectivity index is 1.69. The second-order valence-electron chi connectivity index (χ2n) is 5.97. The van der Waals surface area contributed by atoms with Gasteiger partial charge in [-0.25, -0.2) is 4.39 Å². The van der Waals surface area contributed by atoms with Gasteiger partial charge in [0.2, 0.25) is 0 Å². The van der Waals surface area contributed by atoms with E-state index in [1.54, 1.807) is 30.1 Å². The average Bonchev–Trinajstić information content (AvgIpc) is 3.14. The van der Waals surface area contributed by atoms with E-state index in [4.69, 9.17) is 16.3 Å². The molecular formula is C18H19ClFN3O2. The van der Waals surface area contributed by atoms with Crippen LogP contribution in [0.2, 0.25) is 5.02 Å². The number of rotatable bonds is 8. The van der Waals surface area contributed by atoms with E-state index >= 15 is 0 Å². The zero-order valence-corrected chi connectivity index (χ0v) is 14.6. The number of Topliss-reactive ketones (excluding diaryl/α,β-unsaturated/α-hetero) is 1. The smallest absolute Gasteiger partial charge is 0.167 e. The van der Waals surface area contributed by atoms with Gasteiger partial charge in [-0.05, 0) is 31.4 Å². The first-order valence-corrected chi connectivity index (χ1v) is 8.50. The van der Waals surface area contributed by atoms with Crippen LogP contribution in [0.4, 0.5) is 4.39 Å². The first-order chi connectivity index (χ1) is 12.0. The van der Waals surface area contributed by atoms with Crippen LogP contribution in [0.25, 0.3) is 10.9 Å². The number of aromatic amines is 1. The van der Waals surface area contributed by atoms with Gasteiger partial charge in [0.05, 0.1) is 17.8 Å². The number of ether oxygens (including phenoxy) is 1. The molecule has 5 nitrogen and oxygen atoms in total. The molecule has 0 unspecified atom stereocenters. The number of H-pyrrole nitrogens is 1. The molecule has 0 aliphatic rings. The van der Waals surface area contributed by atoms with E-state index in [0.717, 1.165) is 29.3 Å². The van der Waals surface area contributed by atoms with Gasteiger partial charge in [-0.1, -0.05) is 11.6 Å².